The molecule has 1 amide bonds. The number of carbonyl (C=O) groups excluding carboxylic acids is 1. The van der Waals surface area contributed by atoms with E-state index in [-0.39, 0.29) is 17.6 Å². The third-order valence-electron chi connectivity index (χ3n) is 6.71. The summed E-state index contributed by atoms with van der Waals surface area (Å²) in [5.74, 6) is 0.0108. The minimum absolute atomic E-state index is 0.135. The van der Waals surface area contributed by atoms with E-state index in [2.05, 4.69) is 21.0 Å². The van der Waals surface area contributed by atoms with Gasteiger partial charge in [-0.05, 0) is 44.0 Å². The third-order valence-corrected chi connectivity index (χ3v) is 6.71. The molecular formula is C29H29FN6O2. The maximum absolute atomic E-state index is 16.0. The molecule has 1 saturated heterocycles. The van der Waals surface area contributed by atoms with E-state index in [1.54, 1.807) is 11.1 Å². The molecule has 4 aromatic rings. The van der Waals surface area contributed by atoms with Crippen LogP contribution in [0, 0.1) is 24.1 Å². The van der Waals surface area contributed by atoms with Crippen molar-refractivity contribution in [2.24, 2.45) is 0 Å². The minimum Gasteiger partial charge on any atom is -0.444 e. The van der Waals surface area contributed by atoms with Crippen LogP contribution in [0.25, 0.3) is 32.9 Å². The number of hydrogen-bond donors (Lipinski definition) is 0. The fraction of sp³-hybridized carbons (Fsp3) is 0.345. The molecule has 0 bridgehead atoms. The zero-order valence-corrected chi connectivity index (χ0v) is 21.9. The van der Waals surface area contributed by atoms with Gasteiger partial charge >= 0.3 is 6.09 Å². The highest BCUT2D eigenvalue weighted by atomic mass is 19.1. The zero-order chi connectivity index (χ0) is 27.0. The Morgan fingerprint density at radius 2 is 1.92 bits per heavy atom. The Kier molecular flexibility index (Phi) is 6.57. The molecule has 38 heavy (non-hydrogen) atoms. The smallest absolute Gasteiger partial charge is 0.410 e. The van der Waals surface area contributed by atoms with Crippen LogP contribution in [0.2, 0.25) is 0 Å². The van der Waals surface area contributed by atoms with Gasteiger partial charge in [-0.25, -0.2) is 19.2 Å². The van der Waals surface area contributed by atoms with E-state index in [4.69, 9.17) is 4.74 Å². The van der Waals surface area contributed by atoms with Gasteiger partial charge in [-0.3, -0.25) is 4.98 Å². The first kappa shape index (κ1) is 25.3. The minimum atomic E-state index is -0.641. The summed E-state index contributed by atoms with van der Waals surface area (Å²) in [7, 11) is 0. The topological polar surface area (TPSA) is 95.2 Å². The molecular weight excluding hydrogens is 483 g/mol. The standard InChI is InChI=1S/C29H29FN6O2/c1-18-7-5-8-19-9-6-10-21(23(18)19)25-24(30)26-22(15-32-25)27(34-17-33-26)35-13-14-36(20(16-35)11-12-31)28(37)38-29(2,3)4/h5-10,15,17,20H,11,13-14,16H2,1-4H3/t20-/m0/s1. The molecule has 9 heteroatoms. The Morgan fingerprint density at radius 1 is 1.16 bits per heavy atom. The van der Waals surface area contributed by atoms with E-state index in [9.17, 15) is 10.1 Å². The number of anilines is 1. The Hall–Kier alpha value is -4.32. The summed E-state index contributed by atoms with van der Waals surface area (Å²) >= 11 is 0. The second-order valence-electron chi connectivity index (χ2n) is 10.5. The van der Waals surface area contributed by atoms with Crippen molar-refractivity contribution in [2.45, 2.75) is 45.8 Å². The van der Waals surface area contributed by atoms with Crippen molar-refractivity contribution in [3.05, 3.63) is 60.3 Å². The maximum Gasteiger partial charge on any atom is 0.410 e. The SMILES string of the molecule is Cc1cccc2cccc(-c3ncc4c(N5CCN(C(=O)OC(C)(C)C)[C@@H](CC#N)C5)ncnc4c3F)c12. The third kappa shape index (κ3) is 4.70. The number of piperazine rings is 1. The highest BCUT2D eigenvalue weighted by Crippen LogP contribution is 2.35. The van der Waals surface area contributed by atoms with Gasteiger partial charge in [-0.1, -0.05) is 36.4 Å². The highest BCUT2D eigenvalue weighted by molar-refractivity contribution is 6.00. The van der Waals surface area contributed by atoms with Crippen LogP contribution in [0.15, 0.2) is 48.9 Å². The average Bonchev–Trinajstić information content (AvgIpc) is 2.88. The molecule has 1 fully saturated rings. The Morgan fingerprint density at radius 3 is 2.66 bits per heavy atom. The van der Waals surface area contributed by atoms with Crippen LogP contribution in [0.1, 0.15) is 32.8 Å². The number of aromatic nitrogens is 3. The number of ether oxygens (including phenoxy) is 1. The monoisotopic (exact) mass is 512 g/mol. The predicted octanol–water partition coefficient (Wildman–Crippen LogP) is 5.63. The number of hydrogen-bond acceptors (Lipinski definition) is 7. The molecule has 1 aliphatic rings. The van der Waals surface area contributed by atoms with Crippen molar-refractivity contribution < 1.29 is 13.9 Å². The number of rotatable bonds is 3. The molecule has 0 spiro atoms. The summed E-state index contributed by atoms with van der Waals surface area (Å²) in [6, 6.07) is 13.5. The number of fused-ring (bicyclic) bond motifs is 2. The molecule has 1 atom stereocenters. The first-order chi connectivity index (χ1) is 18.2. The first-order valence-corrected chi connectivity index (χ1v) is 12.6. The van der Waals surface area contributed by atoms with E-state index in [0.717, 1.165) is 16.3 Å². The van der Waals surface area contributed by atoms with Crippen LogP contribution in [-0.2, 0) is 4.74 Å². The normalized spacial score (nSPS) is 16.1. The summed E-state index contributed by atoms with van der Waals surface area (Å²) in [5, 5.41) is 11.9. The molecule has 2 aromatic carbocycles. The van der Waals surface area contributed by atoms with Gasteiger partial charge in [-0.15, -0.1) is 0 Å². The molecule has 2 aromatic heterocycles. The Balaban J connectivity index is 1.51. The van der Waals surface area contributed by atoms with E-state index < -0.39 is 23.6 Å². The lowest BCUT2D eigenvalue weighted by Gasteiger charge is -2.41. The number of carbonyl (C=O) groups is 1. The number of benzene rings is 2. The van der Waals surface area contributed by atoms with Crippen LogP contribution in [0.4, 0.5) is 15.0 Å². The second kappa shape index (κ2) is 9.86. The number of amides is 1. The van der Waals surface area contributed by atoms with Crippen LogP contribution in [0.3, 0.4) is 0 Å². The number of nitriles is 1. The summed E-state index contributed by atoms with van der Waals surface area (Å²) in [6.45, 7) is 8.56. The van der Waals surface area contributed by atoms with E-state index >= 15 is 4.39 Å². The van der Waals surface area contributed by atoms with Crippen LogP contribution >= 0.6 is 0 Å². The molecule has 0 saturated carbocycles. The number of halogens is 1. The molecule has 3 heterocycles. The van der Waals surface area contributed by atoms with Gasteiger partial charge in [-0.2, -0.15) is 5.26 Å². The molecule has 0 N–H and O–H groups in total. The molecule has 0 radical (unpaired) electrons. The molecule has 194 valence electrons. The van der Waals surface area contributed by atoms with Gasteiger partial charge in [0.05, 0.1) is 23.9 Å². The number of nitrogens with zero attached hydrogens (tertiary/aromatic N) is 6. The van der Waals surface area contributed by atoms with Gasteiger partial charge in [0.1, 0.15) is 29.0 Å². The van der Waals surface area contributed by atoms with Gasteiger partial charge in [0, 0.05) is 31.4 Å². The fourth-order valence-corrected chi connectivity index (χ4v) is 5.03. The van der Waals surface area contributed by atoms with Gasteiger partial charge in [0.15, 0.2) is 5.82 Å². The predicted molar refractivity (Wildman–Crippen MR) is 144 cm³/mol. The fourth-order valence-electron chi connectivity index (χ4n) is 5.03. The van der Waals surface area contributed by atoms with Crippen LogP contribution < -0.4 is 4.90 Å². The van der Waals surface area contributed by atoms with E-state index in [0.29, 0.717) is 36.4 Å². The Labute approximate surface area is 220 Å². The average molecular weight is 513 g/mol. The lowest BCUT2D eigenvalue weighted by molar-refractivity contribution is 0.0145. The van der Waals surface area contributed by atoms with Crippen molar-refractivity contribution in [1.82, 2.24) is 19.9 Å². The summed E-state index contributed by atoms with van der Waals surface area (Å²) in [6.07, 6.45) is 2.64. The van der Waals surface area contributed by atoms with Crippen LogP contribution in [-0.4, -0.2) is 57.2 Å². The lowest BCUT2D eigenvalue weighted by atomic mass is 9.97. The van der Waals surface area contributed by atoms with Crippen molar-refractivity contribution in [2.75, 3.05) is 24.5 Å². The second-order valence-corrected chi connectivity index (χ2v) is 10.5. The van der Waals surface area contributed by atoms with Crippen LogP contribution in [0.5, 0.6) is 0 Å². The van der Waals surface area contributed by atoms with E-state index in [1.165, 1.54) is 6.33 Å². The van der Waals surface area contributed by atoms with Crippen molar-refractivity contribution in [3.8, 4) is 17.3 Å². The van der Waals surface area contributed by atoms with E-state index in [1.807, 2.05) is 69.0 Å². The maximum atomic E-state index is 16.0. The first-order valence-electron chi connectivity index (χ1n) is 12.6. The Bertz CT molecular complexity index is 1570. The van der Waals surface area contributed by atoms with Gasteiger partial charge in [0.25, 0.3) is 0 Å². The van der Waals surface area contributed by atoms with Crippen molar-refractivity contribution >= 4 is 33.6 Å². The van der Waals surface area contributed by atoms with Gasteiger partial charge < -0.3 is 14.5 Å². The van der Waals surface area contributed by atoms with Crippen molar-refractivity contribution in [3.63, 3.8) is 0 Å². The largest absolute Gasteiger partial charge is 0.444 e. The molecule has 0 unspecified atom stereocenters. The summed E-state index contributed by atoms with van der Waals surface area (Å²) in [4.78, 5) is 29.6. The summed E-state index contributed by atoms with van der Waals surface area (Å²) in [5.41, 5.74) is 1.52. The molecule has 0 aliphatic carbocycles. The van der Waals surface area contributed by atoms with Gasteiger partial charge in [0.2, 0.25) is 0 Å². The molecule has 1 aliphatic heterocycles. The molecule has 8 nitrogen and oxygen atoms in total. The molecule has 5 rings (SSSR count). The zero-order valence-electron chi connectivity index (χ0n) is 21.9. The lowest BCUT2D eigenvalue weighted by Crippen LogP contribution is -2.56. The van der Waals surface area contributed by atoms with Crippen molar-refractivity contribution in [1.29, 1.82) is 5.26 Å². The number of aryl methyl sites for hydroxylation is 1. The number of pyridine rings is 1. The highest BCUT2D eigenvalue weighted by Gasteiger charge is 2.34. The quantitative estimate of drug-likeness (QED) is 0.351. The summed E-state index contributed by atoms with van der Waals surface area (Å²) < 4.78 is 21.5.